The number of amides is 1. The lowest BCUT2D eigenvalue weighted by Gasteiger charge is -2.35. The fraction of sp³-hybridized carbons (Fsp3) is 0.150. The summed E-state index contributed by atoms with van der Waals surface area (Å²) in [6.07, 6.45) is 0. The number of aliphatic hydroxyl groups is 1. The van der Waals surface area contributed by atoms with Crippen LogP contribution in [0.1, 0.15) is 23.6 Å². The van der Waals surface area contributed by atoms with Crippen LogP contribution in [0, 0.1) is 0 Å². The van der Waals surface area contributed by atoms with E-state index in [-0.39, 0.29) is 5.56 Å². The average Bonchev–Trinajstić information content (AvgIpc) is 2.65. The van der Waals surface area contributed by atoms with Gasteiger partial charge in [-0.3, -0.25) is 14.4 Å². The maximum absolute atomic E-state index is 13.4. The predicted octanol–water partition coefficient (Wildman–Crippen LogP) is 3.35. The minimum atomic E-state index is -1.31. The minimum absolute atomic E-state index is 0.227. The number of aliphatic hydroxyl groups excluding tert-OH is 1. The first-order valence-electron chi connectivity index (χ1n) is 8.20. The van der Waals surface area contributed by atoms with E-state index >= 15 is 0 Å². The summed E-state index contributed by atoms with van der Waals surface area (Å²) in [6, 6.07) is 11.2. The molecular weight excluding hydrogens is 405 g/mol. The Morgan fingerprint density at radius 2 is 1.68 bits per heavy atom. The van der Waals surface area contributed by atoms with Gasteiger partial charge in [0.05, 0.1) is 5.41 Å². The third-order valence-corrected chi connectivity index (χ3v) is 5.23. The van der Waals surface area contributed by atoms with Crippen molar-refractivity contribution in [3.05, 3.63) is 74.8 Å². The zero-order chi connectivity index (χ0) is 20.6. The van der Waals surface area contributed by atoms with Gasteiger partial charge < -0.3 is 15.5 Å². The first-order valence-corrected chi connectivity index (χ1v) is 8.96. The summed E-state index contributed by atoms with van der Waals surface area (Å²) in [5, 5.41) is 22.3. The van der Waals surface area contributed by atoms with E-state index in [4.69, 9.17) is 28.3 Å². The number of aliphatic carboxylic acids is 1. The van der Waals surface area contributed by atoms with E-state index < -0.39 is 41.0 Å². The highest BCUT2D eigenvalue weighted by molar-refractivity contribution is 6.32. The number of hydrogen-bond acceptors (Lipinski definition) is 4. The van der Waals surface area contributed by atoms with Crippen molar-refractivity contribution in [2.45, 2.75) is 12.3 Å². The number of fused-ring (bicyclic) bond motifs is 1. The Bertz CT molecular complexity index is 1030. The number of halogens is 2. The molecule has 3 N–H and O–H groups in total. The van der Waals surface area contributed by atoms with Crippen LogP contribution in [0.4, 0.5) is 0 Å². The van der Waals surface area contributed by atoms with Crippen molar-refractivity contribution in [3.8, 4) is 0 Å². The molecule has 0 heterocycles. The van der Waals surface area contributed by atoms with Gasteiger partial charge in [0.25, 0.3) is 5.91 Å². The second-order valence-electron chi connectivity index (χ2n) is 6.45. The second-order valence-corrected chi connectivity index (χ2v) is 7.32. The van der Waals surface area contributed by atoms with Gasteiger partial charge in [-0.1, -0.05) is 41.4 Å². The van der Waals surface area contributed by atoms with E-state index in [1.54, 1.807) is 43.3 Å². The van der Waals surface area contributed by atoms with E-state index in [1.165, 1.54) is 6.07 Å². The first-order chi connectivity index (χ1) is 13.2. The molecule has 0 fully saturated rings. The number of carboxylic acid groups (broad SMARTS) is 1. The molecule has 0 saturated carbocycles. The maximum Gasteiger partial charge on any atom is 0.322 e. The van der Waals surface area contributed by atoms with Crippen LogP contribution < -0.4 is 5.32 Å². The number of nitrogens with one attached hydrogen (secondary N) is 1. The topological polar surface area (TPSA) is 104 Å². The highest BCUT2D eigenvalue weighted by Gasteiger charge is 2.47. The third kappa shape index (κ3) is 3.25. The van der Waals surface area contributed by atoms with E-state index in [2.05, 4.69) is 5.32 Å². The summed E-state index contributed by atoms with van der Waals surface area (Å²) in [6.45, 7) is 0.936. The highest BCUT2D eigenvalue weighted by atomic mass is 35.5. The lowest BCUT2D eigenvalue weighted by molar-refractivity contribution is -0.138. The average molecular weight is 420 g/mol. The Balaban J connectivity index is 2.23. The van der Waals surface area contributed by atoms with Crippen LogP contribution in [-0.2, 0) is 19.8 Å². The maximum atomic E-state index is 13.4. The number of rotatable bonds is 4. The monoisotopic (exact) mass is 419 g/mol. The van der Waals surface area contributed by atoms with Gasteiger partial charge in [0.15, 0.2) is 5.78 Å². The van der Waals surface area contributed by atoms with Crippen LogP contribution in [-0.4, -0.2) is 34.4 Å². The van der Waals surface area contributed by atoms with E-state index in [1.807, 2.05) is 0 Å². The molecule has 0 saturated heterocycles. The SMILES string of the molecule is CC1(c2ccc(Cl)cc2)C(=O)C(C(=O)NCC(=O)O)=C(O)c2cc(Cl)ccc21. The molecule has 6 nitrogen and oxygen atoms in total. The number of carbonyl (C=O) groups is 3. The van der Waals surface area contributed by atoms with E-state index in [0.29, 0.717) is 21.2 Å². The van der Waals surface area contributed by atoms with Gasteiger partial charge in [-0.15, -0.1) is 0 Å². The molecule has 1 unspecified atom stereocenters. The van der Waals surface area contributed by atoms with Gasteiger partial charge in [-0.2, -0.15) is 0 Å². The van der Waals surface area contributed by atoms with Crippen LogP contribution in [0.2, 0.25) is 10.0 Å². The summed E-state index contributed by atoms with van der Waals surface area (Å²) in [7, 11) is 0. The Labute approximate surface area is 170 Å². The standard InChI is InChI=1S/C20H15Cl2NO5/c1-20(10-2-4-11(21)5-3-10)14-7-6-12(22)8-13(14)17(26)16(18(20)27)19(28)23-9-15(24)25/h2-8,26H,9H2,1H3,(H,23,28)(H,24,25). The molecular formula is C20H15Cl2NO5. The van der Waals surface area contributed by atoms with E-state index in [0.717, 1.165) is 0 Å². The molecule has 1 aliphatic carbocycles. The fourth-order valence-electron chi connectivity index (χ4n) is 3.29. The zero-order valence-electron chi connectivity index (χ0n) is 14.6. The lowest BCUT2D eigenvalue weighted by atomic mass is 9.66. The third-order valence-electron chi connectivity index (χ3n) is 4.74. The van der Waals surface area contributed by atoms with Crippen LogP contribution in [0.25, 0.3) is 5.76 Å². The molecule has 0 radical (unpaired) electrons. The minimum Gasteiger partial charge on any atom is -0.506 e. The number of hydrogen-bond donors (Lipinski definition) is 3. The summed E-state index contributed by atoms with van der Waals surface area (Å²) >= 11 is 12.0. The summed E-state index contributed by atoms with van der Waals surface area (Å²) < 4.78 is 0. The van der Waals surface area contributed by atoms with Crippen molar-refractivity contribution in [2.75, 3.05) is 6.54 Å². The molecule has 0 bridgehead atoms. The van der Waals surface area contributed by atoms with Gasteiger partial charge in [0, 0.05) is 15.6 Å². The van der Waals surface area contributed by atoms with Gasteiger partial charge in [0.2, 0.25) is 0 Å². The van der Waals surface area contributed by atoms with Gasteiger partial charge >= 0.3 is 5.97 Å². The molecule has 2 aromatic rings. The Hall–Kier alpha value is -2.83. The van der Waals surface area contributed by atoms with Crippen molar-refractivity contribution >= 4 is 46.6 Å². The molecule has 0 aromatic heterocycles. The van der Waals surface area contributed by atoms with Crippen molar-refractivity contribution in [1.82, 2.24) is 5.32 Å². The molecule has 1 aliphatic rings. The zero-order valence-corrected chi connectivity index (χ0v) is 16.1. The second kappa shape index (κ2) is 7.30. The van der Waals surface area contributed by atoms with Crippen LogP contribution >= 0.6 is 23.2 Å². The van der Waals surface area contributed by atoms with Crippen molar-refractivity contribution in [2.24, 2.45) is 0 Å². The molecule has 28 heavy (non-hydrogen) atoms. The molecule has 1 amide bonds. The van der Waals surface area contributed by atoms with Gasteiger partial charge in [-0.25, -0.2) is 0 Å². The molecule has 0 spiro atoms. The van der Waals surface area contributed by atoms with Crippen molar-refractivity contribution < 1.29 is 24.6 Å². The predicted molar refractivity (Wildman–Crippen MR) is 105 cm³/mol. The normalized spacial score (nSPS) is 18.6. The van der Waals surface area contributed by atoms with E-state index in [9.17, 15) is 19.5 Å². The molecule has 2 aromatic carbocycles. The number of carbonyl (C=O) groups excluding carboxylic acids is 2. The van der Waals surface area contributed by atoms with Crippen LogP contribution in [0.3, 0.4) is 0 Å². The van der Waals surface area contributed by atoms with Crippen molar-refractivity contribution in [1.29, 1.82) is 0 Å². The van der Waals surface area contributed by atoms with Crippen LogP contribution in [0.15, 0.2) is 48.0 Å². The molecule has 0 aliphatic heterocycles. The number of Topliss-reactive ketones (excluding diaryl/α,β-unsaturated/α-hetero) is 1. The van der Waals surface area contributed by atoms with Crippen molar-refractivity contribution in [3.63, 3.8) is 0 Å². The highest BCUT2D eigenvalue weighted by Crippen LogP contribution is 2.44. The summed E-state index contributed by atoms with van der Waals surface area (Å²) in [5.41, 5.74) is -0.580. The quantitative estimate of drug-likeness (QED) is 0.659. The van der Waals surface area contributed by atoms with Crippen LogP contribution in [0.5, 0.6) is 0 Å². The Morgan fingerprint density at radius 3 is 2.29 bits per heavy atom. The Morgan fingerprint density at radius 1 is 1.07 bits per heavy atom. The lowest BCUT2D eigenvalue weighted by Crippen LogP contribution is -2.44. The molecule has 1 atom stereocenters. The largest absolute Gasteiger partial charge is 0.506 e. The van der Waals surface area contributed by atoms with Gasteiger partial charge in [-0.05, 0) is 42.3 Å². The summed E-state index contributed by atoms with van der Waals surface area (Å²) in [5.74, 6) is -3.46. The molecule has 3 rings (SSSR count). The smallest absolute Gasteiger partial charge is 0.322 e. The van der Waals surface area contributed by atoms with Gasteiger partial charge in [0.1, 0.15) is 17.9 Å². The summed E-state index contributed by atoms with van der Waals surface area (Å²) in [4.78, 5) is 36.7. The number of carboxylic acids is 1. The Kier molecular flexibility index (Phi) is 5.19. The fourth-order valence-corrected chi connectivity index (χ4v) is 3.59. The molecule has 8 heteroatoms. The number of benzene rings is 2. The molecule has 144 valence electrons. The first kappa shape index (κ1) is 19.9. The number of ketones is 1.